The zero-order chi connectivity index (χ0) is 22.6. The first-order chi connectivity index (χ1) is 14.8. The van der Waals surface area contributed by atoms with E-state index in [1.54, 1.807) is 24.3 Å². The Bertz CT molecular complexity index is 1120. The van der Waals surface area contributed by atoms with E-state index in [0.29, 0.717) is 0 Å². The van der Waals surface area contributed by atoms with Gasteiger partial charge in [0.1, 0.15) is 29.7 Å². The zero-order valence-electron chi connectivity index (χ0n) is 16.7. The topological polar surface area (TPSA) is 150 Å². The van der Waals surface area contributed by atoms with Crippen molar-refractivity contribution in [2.24, 2.45) is 5.11 Å². The Morgan fingerprint density at radius 1 is 1.48 bits per heavy atom. The van der Waals surface area contributed by atoms with Crippen LogP contribution in [0.15, 0.2) is 59.1 Å². The Hall–Kier alpha value is -4.11. The first kappa shape index (κ1) is 21.6. The maximum absolute atomic E-state index is 13.2. The largest absolute Gasteiger partial charge is 0.480 e. The smallest absolute Gasteiger partial charge is 0.415 e. The van der Waals surface area contributed by atoms with Crippen molar-refractivity contribution in [3.05, 3.63) is 81.4 Å². The van der Waals surface area contributed by atoms with Crippen LogP contribution in [0.5, 0.6) is 0 Å². The van der Waals surface area contributed by atoms with Crippen molar-refractivity contribution >= 4 is 17.7 Å². The molecule has 0 fully saturated rings. The standard InChI is InChI=1S/C20H20N6O5/c1-3-9-25(19(30)31-12-13-7-5-4-6-8-13)15-11-22-18-20(2,23-24-21)10-14(17(28)29)26(18)16(15)27/h3-8,11,14H,1,9-10,12H2,2H3,(H,28,29)/t14-,20+/m0/s1. The van der Waals surface area contributed by atoms with E-state index >= 15 is 0 Å². The summed E-state index contributed by atoms with van der Waals surface area (Å²) in [6.45, 7) is 5.02. The molecule has 3 rings (SSSR count). The van der Waals surface area contributed by atoms with Gasteiger partial charge in [0.25, 0.3) is 5.56 Å². The molecule has 2 atom stereocenters. The number of carbonyl (C=O) groups excluding carboxylic acids is 1. The average Bonchev–Trinajstić information content (AvgIpc) is 3.05. The van der Waals surface area contributed by atoms with Gasteiger partial charge in [-0.05, 0) is 24.4 Å². The lowest BCUT2D eigenvalue weighted by Gasteiger charge is -2.22. The predicted molar refractivity (Wildman–Crippen MR) is 110 cm³/mol. The Balaban J connectivity index is 2.00. The SMILES string of the molecule is C=CCN(C(=O)OCc1ccccc1)c1cnc2n(c1=O)[C@H](C(=O)O)C[C@@]2(C)N=[N+]=[N-]. The highest BCUT2D eigenvalue weighted by molar-refractivity contribution is 5.87. The number of azide groups is 1. The number of nitrogens with zero attached hydrogens (tertiary/aromatic N) is 6. The minimum atomic E-state index is -1.31. The van der Waals surface area contributed by atoms with Crippen molar-refractivity contribution in [3.63, 3.8) is 0 Å². The van der Waals surface area contributed by atoms with E-state index in [1.807, 2.05) is 6.07 Å². The third-order valence-electron chi connectivity index (χ3n) is 4.94. The molecular formula is C20H20N6O5. The molecule has 1 amide bonds. The van der Waals surface area contributed by atoms with Crippen LogP contribution in [0.2, 0.25) is 0 Å². The highest BCUT2D eigenvalue weighted by Crippen LogP contribution is 2.40. The number of aliphatic carboxylic acids is 1. The zero-order valence-corrected chi connectivity index (χ0v) is 16.7. The second-order valence-electron chi connectivity index (χ2n) is 7.10. The minimum Gasteiger partial charge on any atom is -0.480 e. The van der Waals surface area contributed by atoms with Gasteiger partial charge in [-0.1, -0.05) is 41.5 Å². The Morgan fingerprint density at radius 2 is 2.19 bits per heavy atom. The molecule has 1 aliphatic heterocycles. The lowest BCUT2D eigenvalue weighted by molar-refractivity contribution is -0.141. The van der Waals surface area contributed by atoms with Crippen LogP contribution >= 0.6 is 0 Å². The van der Waals surface area contributed by atoms with Gasteiger partial charge in [0.2, 0.25) is 0 Å². The Labute approximate surface area is 176 Å². The van der Waals surface area contributed by atoms with Gasteiger partial charge >= 0.3 is 12.1 Å². The monoisotopic (exact) mass is 424 g/mol. The van der Waals surface area contributed by atoms with E-state index < -0.39 is 29.2 Å². The first-order valence-corrected chi connectivity index (χ1v) is 9.32. The molecule has 0 unspecified atom stereocenters. The normalized spacial score (nSPS) is 19.1. The first-order valence-electron chi connectivity index (χ1n) is 9.32. The Kier molecular flexibility index (Phi) is 6.07. The molecule has 1 aromatic carbocycles. The van der Waals surface area contributed by atoms with Gasteiger partial charge in [0.05, 0.1) is 6.20 Å². The van der Waals surface area contributed by atoms with Crippen LogP contribution in [-0.2, 0) is 21.7 Å². The molecule has 0 aliphatic carbocycles. The average molecular weight is 424 g/mol. The van der Waals surface area contributed by atoms with Crippen LogP contribution in [-0.4, -0.2) is 33.3 Å². The number of hydrogen-bond acceptors (Lipinski definition) is 6. The maximum Gasteiger partial charge on any atom is 0.415 e. The molecule has 1 N–H and O–H groups in total. The third kappa shape index (κ3) is 4.12. The van der Waals surface area contributed by atoms with Crippen LogP contribution in [0.25, 0.3) is 10.4 Å². The molecule has 160 valence electrons. The van der Waals surface area contributed by atoms with Crippen molar-refractivity contribution in [2.45, 2.75) is 31.5 Å². The van der Waals surface area contributed by atoms with Crippen molar-refractivity contribution in [2.75, 3.05) is 11.4 Å². The second kappa shape index (κ2) is 8.72. The van der Waals surface area contributed by atoms with Crippen molar-refractivity contribution in [3.8, 4) is 0 Å². The number of benzene rings is 1. The second-order valence-corrected chi connectivity index (χ2v) is 7.10. The van der Waals surface area contributed by atoms with Gasteiger partial charge in [-0.3, -0.25) is 14.3 Å². The van der Waals surface area contributed by atoms with Crippen LogP contribution in [0, 0.1) is 0 Å². The summed E-state index contributed by atoms with van der Waals surface area (Å²) in [6, 6.07) is 7.70. The molecule has 11 nitrogen and oxygen atoms in total. The number of carbonyl (C=O) groups is 2. The fourth-order valence-corrected chi connectivity index (χ4v) is 3.47. The molecule has 31 heavy (non-hydrogen) atoms. The molecule has 1 aromatic heterocycles. The molecular weight excluding hydrogens is 404 g/mol. The van der Waals surface area contributed by atoms with Gasteiger partial charge in [-0.25, -0.2) is 14.6 Å². The maximum atomic E-state index is 13.2. The van der Waals surface area contributed by atoms with E-state index in [-0.39, 0.29) is 31.1 Å². The summed E-state index contributed by atoms with van der Waals surface area (Å²) in [7, 11) is 0. The number of amides is 1. The summed E-state index contributed by atoms with van der Waals surface area (Å²) in [4.78, 5) is 45.6. The summed E-state index contributed by atoms with van der Waals surface area (Å²) < 4.78 is 6.26. The number of carboxylic acid groups (broad SMARTS) is 1. The minimum absolute atomic E-state index is 0.0142. The number of fused-ring (bicyclic) bond motifs is 1. The number of anilines is 1. The molecule has 0 saturated heterocycles. The van der Waals surface area contributed by atoms with Crippen molar-refractivity contribution < 1.29 is 19.4 Å². The fourth-order valence-electron chi connectivity index (χ4n) is 3.47. The summed E-state index contributed by atoms with van der Waals surface area (Å²) in [5, 5.41) is 13.2. The van der Waals surface area contributed by atoms with Gasteiger partial charge < -0.3 is 9.84 Å². The summed E-state index contributed by atoms with van der Waals surface area (Å²) in [5.74, 6) is -1.26. The molecule has 2 aromatic rings. The van der Waals surface area contributed by atoms with Gasteiger partial charge in [0, 0.05) is 11.5 Å². The van der Waals surface area contributed by atoms with Crippen LogP contribution in [0.3, 0.4) is 0 Å². The lowest BCUT2D eigenvalue weighted by atomic mass is 9.98. The van der Waals surface area contributed by atoms with Crippen LogP contribution < -0.4 is 10.5 Å². The van der Waals surface area contributed by atoms with Gasteiger partial charge in [-0.2, -0.15) is 0 Å². The quantitative estimate of drug-likeness (QED) is 0.312. The number of carboxylic acids is 1. The summed E-state index contributed by atoms with van der Waals surface area (Å²) in [5.41, 5.74) is 7.39. The van der Waals surface area contributed by atoms with Gasteiger partial charge in [-0.15, -0.1) is 6.58 Å². The number of ether oxygens (including phenoxy) is 1. The number of rotatable bonds is 7. The van der Waals surface area contributed by atoms with Crippen molar-refractivity contribution in [1.29, 1.82) is 0 Å². The van der Waals surface area contributed by atoms with Crippen molar-refractivity contribution in [1.82, 2.24) is 9.55 Å². The molecule has 2 heterocycles. The van der Waals surface area contributed by atoms with E-state index in [9.17, 15) is 19.5 Å². The molecule has 1 aliphatic rings. The number of aromatic nitrogens is 2. The van der Waals surface area contributed by atoms with E-state index in [4.69, 9.17) is 10.3 Å². The summed E-state index contributed by atoms with van der Waals surface area (Å²) in [6.07, 6.45) is 1.60. The molecule has 0 saturated carbocycles. The molecule has 0 spiro atoms. The highest BCUT2D eigenvalue weighted by Gasteiger charge is 2.46. The van der Waals surface area contributed by atoms with E-state index in [2.05, 4.69) is 21.6 Å². The van der Waals surface area contributed by atoms with E-state index in [1.165, 1.54) is 13.0 Å². The molecule has 11 heteroatoms. The lowest BCUT2D eigenvalue weighted by Crippen LogP contribution is -2.39. The Morgan fingerprint density at radius 3 is 2.81 bits per heavy atom. The molecule has 0 bridgehead atoms. The number of hydrogen-bond donors (Lipinski definition) is 1. The fraction of sp³-hybridized carbons (Fsp3) is 0.300. The van der Waals surface area contributed by atoms with Crippen LogP contribution in [0.1, 0.15) is 30.8 Å². The third-order valence-corrected chi connectivity index (χ3v) is 4.94. The highest BCUT2D eigenvalue weighted by atomic mass is 16.6. The summed E-state index contributed by atoms with van der Waals surface area (Å²) >= 11 is 0. The molecule has 0 radical (unpaired) electrons. The van der Waals surface area contributed by atoms with E-state index in [0.717, 1.165) is 21.2 Å². The van der Waals surface area contributed by atoms with Crippen LogP contribution in [0.4, 0.5) is 10.5 Å². The van der Waals surface area contributed by atoms with Gasteiger partial charge in [0.15, 0.2) is 0 Å². The predicted octanol–water partition coefficient (Wildman–Crippen LogP) is 3.13.